The Morgan fingerprint density at radius 2 is 1.70 bits per heavy atom. The number of aromatic nitrogens is 2. The third-order valence-electron chi connectivity index (χ3n) is 3.79. The first-order valence-electron chi connectivity index (χ1n) is 7.19. The Hall–Kier alpha value is -1.94. The lowest BCUT2D eigenvalue weighted by Gasteiger charge is -2.08. The second-order valence-electron chi connectivity index (χ2n) is 5.36. The molecule has 2 atom stereocenters. The molecule has 1 saturated heterocycles. The lowest BCUT2D eigenvalue weighted by molar-refractivity contribution is 0.377. The van der Waals surface area contributed by atoms with Gasteiger partial charge in [0.1, 0.15) is 12.2 Å². The van der Waals surface area contributed by atoms with Gasteiger partial charge in [-0.2, -0.15) is 0 Å². The van der Waals surface area contributed by atoms with Crippen molar-refractivity contribution in [1.29, 1.82) is 0 Å². The third kappa shape index (κ3) is 2.95. The fourth-order valence-electron chi connectivity index (χ4n) is 2.73. The Morgan fingerprint density at radius 3 is 2.43 bits per heavy atom. The van der Waals surface area contributed by atoms with Gasteiger partial charge in [-0.05, 0) is 30.3 Å². The number of pyridine rings is 2. The minimum absolute atomic E-state index is 0.0151. The first-order chi connectivity index (χ1) is 11.2. The molecule has 2 aromatic heterocycles. The van der Waals surface area contributed by atoms with Crippen LogP contribution in [0.3, 0.4) is 0 Å². The van der Waals surface area contributed by atoms with Crippen LogP contribution in [0.25, 0.3) is 11.3 Å². The highest BCUT2D eigenvalue weighted by Crippen LogP contribution is 2.52. The lowest BCUT2D eigenvalue weighted by atomic mass is 10.00. The van der Waals surface area contributed by atoms with Gasteiger partial charge in [0, 0.05) is 45.3 Å². The van der Waals surface area contributed by atoms with E-state index in [0.717, 1.165) is 22.4 Å². The summed E-state index contributed by atoms with van der Waals surface area (Å²) in [6.45, 7) is 0. The maximum absolute atomic E-state index is 6.12. The fraction of sp³-hybridized carbons (Fsp3) is 0.111. The van der Waals surface area contributed by atoms with Gasteiger partial charge in [-0.15, -0.1) is 0 Å². The molecular weight excluding hydrogens is 331 g/mol. The van der Waals surface area contributed by atoms with Crippen LogP contribution < -0.4 is 0 Å². The van der Waals surface area contributed by atoms with Crippen molar-refractivity contribution < 1.29 is 4.74 Å². The molecule has 0 bridgehead atoms. The van der Waals surface area contributed by atoms with Crippen LogP contribution >= 0.6 is 23.2 Å². The highest BCUT2D eigenvalue weighted by molar-refractivity contribution is 6.35. The number of ether oxygens (including phenoxy) is 1. The molecule has 23 heavy (non-hydrogen) atoms. The normalized spacial score (nSPS) is 19.6. The highest BCUT2D eigenvalue weighted by atomic mass is 35.5. The molecule has 1 aliphatic rings. The van der Waals surface area contributed by atoms with E-state index in [1.54, 1.807) is 18.5 Å². The molecule has 0 spiro atoms. The zero-order valence-electron chi connectivity index (χ0n) is 12.0. The Labute approximate surface area is 143 Å². The molecule has 5 heteroatoms. The predicted molar refractivity (Wildman–Crippen MR) is 90.5 cm³/mol. The van der Waals surface area contributed by atoms with Crippen molar-refractivity contribution in [2.75, 3.05) is 0 Å². The molecule has 4 rings (SSSR count). The van der Waals surface area contributed by atoms with Gasteiger partial charge in [0.15, 0.2) is 0 Å². The second kappa shape index (κ2) is 5.93. The molecule has 0 amide bonds. The zero-order valence-corrected chi connectivity index (χ0v) is 13.5. The summed E-state index contributed by atoms with van der Waals surface area (Å²) in [5.41, 5.74) is 3.82. The van der Waals surface area contributed by atoms with Crippen molar-refractivity contribution in [2.45, 2.75) is 12.2 Å². The molecule has 2 unspecified atom stereocenters. The molecule has 0 aliphatic carbocycles. The van der Waals surface area contributed by atoms with Crippen LogP contribution in [-0.2, 0) is 4.74 Å². The minimum Gasteiger partial charge on any atom is -0.359 e. The number of halogens is 2. The Bertz CT molecular complexity index is 834. The summed E-state index contributed by atoms with van der Waals surface area (Å²) in [5.74, 6) is 0. The molecule has 1 aromatic carbocycles. The van der Waals surface area contributed by atoms with Crippen molar-refractivity contribution in [3.8, 4) is 11.3 Å². The van der Waals surface area contributed by atoms with Gasteiger partial charge in [-0.1, -0.05) is 35.3 Å². The molecule has 1 aliphatic heterocycles. The standard InChI is InChI=1S/C18H12Cl2N2O/c19-13-7-12(8-14(20)9-13)16-15(4-2-6-22-16)18-17(23-18)11-3-1-5-21-10-11/h1-10,17-18H. The van der Waals surface area contributed by atoms with E-state index in [1.165, 1.54) is 0 Å². The van der Waals surface area contributed by atoms with Crippen LogP contribution in [0.15, 0.2) is 61.1 Å². The zero-order chi connectivity index (χ0) is 15.8. The maximum Gasteiger partial charge on any atom is 0.116 e. The van der Waals surface area contributed by atoms with Crippen molar-refractivity contribution in [3.05, 3.63) is 82.2 Å². The summed E-state index contributed by atoms with van der Waals surface area (Å²) in [6, 6.07) is 13.3. The topological polar surface area (TPSA) is 38.3 Å². The SMILES string of the molecule is Clc1cc(Cl)cc(-c2ncccc2C2OC2c2cccnc2)c1. The quantitative estimate of drug-likeness (QED) is 0.609. The second-order valence-corrected chi connectivity index (χ2v) is 6.24. The van der Waals surface area contributed by atoms with Crippen LogP contribution in [-0.4, -0.2) is 9.97 Å². The summed E-state index contributed by atoms with van der Waals surface area (Å²) >= 11 is 12.2. The van der Waals surface area contributed by atoms with E-state index in [2.05, 4.69) is 9.97 Å². The number of hydrogen-bond donors (Lipinski definition) is 0. The summed E-state index contributed by atoms with van der Waals surface area (Å²) in [4.78, 5) is 8.65. The van der Waals surface area contributed by atoms with Crippen molar-refractivity contribution in [2.24, 2.45) is 0 Å². The van der Waals surface area contributed by atoms with E-state index in [-0.39, 0.29) is 12.2 Å². The van der Waals surface area contributed by atoms with Gasteiger partial charge in [0.25, 0.3) is 0 Å². The number of rotatable bonds is 3. The molecule has 0 radical (unpaired) electrons. The molecule has 0 N–H and O–H groups in total. The van der Waals surface area contributed by atoms with Crippen LogP contribution in [0.5, 0.6) is 0 Å². The summed E-state index contributed by atoms with van der Waals surface area (Å²) in [7, 11) is 0. The van der Waals surface area contributed by atoms with Gasteiger partial charge in [0.2, 0.25) is 0 Å². The van der Waals surface area contributed by atoms with E-state index in [0.29, 0.717) is 10.0 Å². The summed E-state index contributed by atoms with van der Waals surface area (Å²) in [5, 5.41) is 1.18. The smallest absolute Gasteiger partial charge is 0.116 e. The predicted octanol–water partition coefficient (Wildman–Crippen LogP) is 5.26. The van der Waals surface area contributed by atoms with E-state index in [1.807, 2.05) is 42.6 Å². The minimum atomic E-state index is -0.0272. The van der Waals surface area contributed by atoms with Crippen LogP contribution in [0, 0.1) is 0 Å². The largest absolute Gasteiger partial charge is 0.359 e. The van der Waals surface area contributed by atoms with Crippen molar-refractivity contribution >= 4 is 23.2 Å². The number of nitrogens with zero attached hydrogens (tertiary/aromatic N) is 2. The van der Waals surface area contributed by atoms with Crippen molar-refractivity contribution in [3.63, 3.8) is 0 Å². The average molecular weight is 343 g/mol. The van der Waals surface area contributed by atoms with Crippen LogP contribution in [0.4, 0.5) is 0 Å². The fourth-order valence-corrected chi connectivity index (χ4v) is 3.25. The van der Waals surface area contributed by atoms with E-state index in [4.69, 9.17) is 27.9 Å². The van der Waals surface area contributed by atoms with Crippen LogP contribution in [0.2, 0.25) is 10.0 Å². The van der Waals surface area contributed by atoms with E-state index in [9.17, 15) is 0 Å². The molecule has 3 heterocycles. The number of epoxide rings is 1. The third-order valence-corrected chi connectivity index (χ3v) is 4.22. The molecule has 1 fully saturated rings. The maximum atomic E-state index is 6.12. The van der Waals surface area contributed by atoms with E-state index < -0.39 is 0 Å². The summed E-state index contributed by atoms with van der Waals surface area (Å²) < 4.78 is 5.87. The number of hydrogen-bond acceptors (Lipinski definition) is 3. The lowest BCUT2D eigenvalue weighted by Crippen LogP contribution is -1.93. The number of benzene rings is 1. The molecular formula is C18H12Cl2N2O. The monoisotopic (exact) mass is 342 g/mol. The molecule has 114 valence electrons. The van der Waals surface area contributed by atoms with E-state index >= 15 is 0 Å². The molecule has 3 nitrogen and oxygen atoms in total. The molecule has 0 saturated carbocycles. The Kier molecular flexibility index (Phi) is 3.77. The average Bonchev–Trinajstić information content (AvgIpc) is 3.35. The Morgan fingerprint density at radius 1 is 0.913 bits per heavy atom. The van der Waals surface area contributed by atoms with Gasteiger partial charge >= 0.3 is 0 Å². The first kappa shape index (κ1) is 14.6. The van der Waals surface area contributed by atoms with Gasteiger partial charge in [-0.25, -0.2) is 0 Å². The van der Waals surface area contributed by atoms with Gasteiger partial charge < -0.3 is 4.74 Å². The van der Waals surface area contributed by atoms with Gasteiger partial charge in [-0.3, -0.25) is 9.97 Å². The van der Waals surface area contributed by atoms with Gasteiger partial charge in [0.05, 0.1) is 5.69 Å². The summed E-state index contributed by atoms with van der Waals surface area (Å²) in [6.07, 6.45) is 5.33. The first-order valence-corrected chi connectivity index (χ1v) is 7.95. The Balaban J connectivity index is 1.72. The van der Waals surface area contributed by atoms with Crippen LogP contribution in [0.1, 0.15) is 23.3 Å². The molecule has 3 aromatic rings. The van der Waals surface area contributed by atoms with Crippen molar-refractivity contribution in [1.82, 2.24) is 9.97 Å². The highest BCUT2D eigenvalue weighted by Gasteiger charge is 2.43.